The van der Waals surface area contributed by atoms with Gasteiger partial charge in [0.2, 0.25) is 0 Å². The molecule has 0 bridgehead atoms. The van der Waals surface area contributed by atoms with Gasteiger partial charge in [-0.2, -0.15) is 4.39 Å². The van der Waals surface area contributed by atoms with Crippen molar-refractivity contribution in [3.05, 3.63) is 0 Å². The van der Waals surface area contributed by atoms with Crippen molar-refractivity contribution in [2.24, 2.45) is 4.99 Å². The molecule has 0 heterocycles. The van der Waals surface area contributed by atoms with E-state index in [0.717, 1.165) is 0 Å². The number of amidine groups is 1. The topological polar surface area (TPSA) is 24.4 Å². The van der Waals surface area contributed by atoms with Gasteiger partial charge in [0, 0.05) is 14.1 Å². The SMILES string of the molecule is CN=C(F)NC. The Morgan fingerprint density at radius 2 is 2.33 bits per heavy atom. The smallest absolute Gasteiger partial charge is 0.277 e. The molecule has 0 saturated carbocycles. The minimum atomic E-state index is -0.532. The van der Waals surface area contributed by atoms with Crippen molar-refractivity contribution in [1.82, 2.24) is 5.32 Å². The first-order valence-electron chi connectivity index (χ1n) is 1.61. The molecule has 0 atom stereocenters. The summed E-state index contributed by atoms with van der Waals surface area (Å²) < 4.78 is 11.5. The Labute approximate surface area is 36.1 Å². The van der Waals surface area contributed by atoms with Crippen molar-refractivity contribution in [1.29, 1.82) is 0 Å². The molecule has 0 fully saturated rings. The maximum Gasteiger partial charge on any atom is 0.277 e. The summed E-state index contributed by atoms with van der Waals surface area (Å²) >= 11 is 0. The predicted octanol–water partition coefficient (Wildman–Crippen LogP) is 0.161. The van der Waals surface area contributed by atoms with Crippen LogP contribution in [0.3, 0.4) is 0 Å². The van der Waals surface area contributed by atoms with E-state index in [1.54, 1.807) is 0 Å². The third-order valence-electron chi connectivity index (χ3n) is 0.403. The summed E-state index contributed by atoms with van der Waals surface area (Å²) in [4.78, 5) is 3.15. The molecule has 0 aliphatic heterocycles. The molecule has 2 nitrogen and oxygen atoms in total. The zero-order chi connectivity index (χ0) is 4.99. The lowest BCUT2D eigenvalue weighted by molar-refractivity contribution is 0.747. The number of hydrogen-bond donors (Lipinski definition) is 1. The van der Waals surface area contributed by atoms with Crippen LogP contribution in [0.15, 0.2) is 4.99 Å². The third-order valence-corrected chi connectivity index (χ3v) is 0.403. The highest BCUT2D eigenvalue weighted by molar-refractivity contribution is 5.71. The highest BCUT2D eigenvalue weighted by Gasteiger charge is 1.78. The third kappa shape index (κ3) is 1.69. The summed E-state index contributed by atoms with van der Waals surface area (Å²) in [6.45, 7) is 0. The number of nitrogens with zero attached hydrogens (tertiary/aromatic N) is 1. The molecule has 0 saturated heterocycles. The van der Waals surface area contributed by atoms with Crippen LogP contribution in [0.4, 0.5) is 4.39 Å². The van der Waals surface area contributed by atoms with Crippen molar-refractivity contribution in [3.8, 4) is 0 Å². The fraction of sp³-hybridized carbons (Fsp3) is 0.667. The van der Waals surface area contributed by atoms with Gasteiger partial charge in [-0.25, -0.2) is 4.99 Å². The van der Waals surface area contributed by atoms with Crippen molar-refractivity contribution in [2.75, 3.05) is 14.1 Å². The fourth-order valence-electron chi connectivity index (χ4n) is 0.112. The quantitative estimate of drug-likeness (QED) is 0.256. The molecule has 0 aliphatic carbocycles. The Morgan fingerprint density at radius 1 is 1.83 bits per heavy atom. The molecule has 0 aromatic carbocycles. The van der Waals surface area contributed by atoms with E-state index in [2.05, 4.69) is 10.3 Å². The molecule has 0 aromatic heterocycles. The van der Waals surface area contributed by atoms with Crippen molar-refractivity contribution >= 4 is 6.09 Å². The molecule has 3 heteroatoms. The largest absolute Gasteiger partial charge is 0.349 e. The van der Waals surface area contributed by atoms with Crippen LogP contribution in [0, 0.1) is 0 Å². The Kier molecular flexibility index (Phi) is 2.36. The van der Waals surface area contributed by atoms with Gasteiger partial charge in [0.05, 0.1) is 0 Å². The lowest BCUT2D eigenvalue weighted by Gasteiger charge is -1.84. The maximum absolute atomic E-state index is 11.5. The van der Waals surface area contributed by atoms with E-state index in [0.29, 0.717) is 0 Å². The van der Waals surface area contributed by atoms with Gasteiger partial charge >= 0.3 is 0 Å². The van der Waals surface area contributed by atoms with Crippen molar-refractivity contribution < 1.29 is 4.39 Å². The van der Waals surface area contributed by atoms with Crippen LogP contribution < -0.4 is 5.32 Å². The van der Waals surface area contributed by atoms with Crippen LogP contribution in [0.25, 0.3) is 0 Å². The van der Waals surface area contributed by atoms with Gasteiger partial charge in [0.1, 0.15) is 0 Å². The number of nitrogens with one attached hydrogen (secondary N) is 1. The summed E-state index contributed by atoms with van der Waals surface area (Å²) in [6.07, 6.45) is -0.532. The summed E-state index contributed by atoms with van der Waals surface area (Å²) in [6, 6.07) is 0. The monoisotopic (exact) mass is 90.1 g/mol. The van der Waals surface area contributed by atoms with Crippen LogP contribution in [0.2, 0.25) is 0 Å². The lowest BCUT2D eigenvalue weighted by atomic mass is 11.1. The minimum absolute atomic E-state index is 0.532. The first kappa shape index (κ1) is 5.40. The molecule has 0 spiro atoms. The molecule has 0 amide bonds. The van der Waals surface area contributed by atoms with Crippen LogP contribution in [0.5, 0.6) is 0 Å². The van der Waals surface area contributed by atoms with E-state index in [4.69, 9.17) is 0 Å². The molecule has 6 heavy (non-hydrogen) atoms. The molecule has 0 aliphatic rings. The van der Waals surface area contributed by atoms with Gasteiger partial charge in [-0.1, -0.05) is 0 Å². The summed E-state index contributed by atoms with van der Waals surface area (Å²) in [5.74, 6) is 0. The Morgan fingerprint density at radius 3 is 2.33 bits per heavy atom. The zero-order valence-corrected chi connectivity index (χ0v) is 3.83. The van der Waals surface area contributed by atoms with Crippen molar-refractivity contribution in [3.63, 3.8) is 0 Å². The number of aliphatic imine (C=N–C) groups is 1. The second-order valence-corrected chi connectivity index (χ2v) is 0.764. The Bertz CT molecular complexity index is 59.8. The van der Waals surface area contributed by atoms with E-state index >= 15 is 0 Å². The predicted molar refractivity (Wildman–Crippen MR) is 23.5 cm³/mol. The van der Waals surface area contributed by atoms with Gasteiger partial charge in [-0.3, -0.25) is 0 Å². The van der Waals surface area contributed by atoms with Crippen LogP contribution in [0.1, 0.15) is 0 Å². The van der Waals surface area contributed by atoms with Gasteiger partial charge < -0.3 is 5.32 Å². The lowest BCUT2D eigenvalue weighted by Crippen LogP contribution is -2.11. The Balaban J connectivity index is 3.22. The van der Waals surface area contributed by atoms with Crippen molar-refractivity contribution in [2.45, 2.75) is 0 Å². The standard InChI is InChI=1S/C3H7FN2/c1-5-3(4)6-2/h1-2H3,(H,5,6). The van der Waals surface area contributed by atoms with Gasteiger partial charge in [0.15, 0.2) is 0 Å². The van der Waals surface area contributed by atoms with Gasteiger partial charge in [-0.15, -0.1) is 0 Å². The van der Waals surface area contributed by atoms with Gasteiger partial charge in [-0.05, 0) is 0 Å². The second-order valence-electron chi connectivity index (χ2n) is 0.764. The molecule has 0 radical (unpaired) electrons. The summed E-state index contributed by atoms with van der Waals surface area (Å²) in [7, 11) is 2.86. The minimum Gasteiger partial charge on any atom is -0.349 e. The van der Waals surface area contributed by atoms with Crippen LogP contribution >= 0.6 is 0 Å². The first-order chi connectivity index (χ1) is 2.81. The molecule has 0 aromatic rings. The van der Waals surface area contributed by atoms with E-state index in [9.17, 15) is 4.39 Å². The molecule has 0 rings (SSSR count). The van der Waals surface area contributed by atoms with Gasteiger partial charge in [0.25, 0.3) is 6.09 Å². The molecular weight excluding hydrogens is 83.0 g/mol. The summed E-state index contributed by atoms with van der Waals surface area (Å²) in [5, 5.41) is 2.20. The number of rotatable bonds is 0. The Hall–Kier alpha value is -0.600. The van der Waals surface area contributed by atoms with E-state index < -0.39 is 6.09 Å². The maximum atomic E-state index is 11.5. The highest BCUT2D eigenvalue weighted by atomic mass is 19.1. The second kappa shape index (κ2) is 2.63. The molecule has 36 valence electrons. The average Bonchev–Trinajstić information content (AvgIpc) is 1.65. The number of halogens is 1. The molecule has 0 unspecified atom stereocenters. The molecular formula is C3H7FN2. The molecule has 1 N–H and O–H groups in total. The highest BCUT2D eigenvalue weighted by Crippen LogP contribution is 1.64. The zero-order valence-electron chi connectivity index (χ0n) is 3.83. The van der Waals surface area contributed by atoms with E-state index in [1.165, 1.54) is 14.1 Å². The van der Waals surface area contributed by atoms with Crippen LogP contribution in [-0.4, -0.2) is 20.2 Å². The fourth-order valence-corrected chi connectivity index (χ4v) is 0.112. The van der Waals surface area contributed by atoms with E-state index in [1.807, 2.05) is 0 Å². The number of hydrogen-bond acceptors (Lipinski definition) is 1. The summed E-state index contributed by atoms with van der Waals surface area (Å²) in [5.41, 5.74) is 0. The normalized spacial score (nSPS) is 11.5. The van der Waals surface area contributed by atoms with E-state index in [-0.39, 0.29) is 0 Å². The van der Waals surface area contributed by atoms with Crippen LogP contribution in [-0.2, 0) is 0 Å². The first-order valence-corrected chi connectivity index (χ1v) is 1.61. The average molecular weight is 90.1 g/mol.